The molecular formula is C10H10BrO2. The van der Waals surface area contributed by atoms with Crippen molar-refractivity contribution < 1.29 is 9.84 Å². The monoisotopic (exact) mass is 241 g/mol. The summed E-state index contributed by atoms with van der Waals surface area (Å²) in [6.07, 6.45) is 0. The Morgan fingerprint density at radius 2 is 2.15 bits per heavy atom. The minimum Gasteiger partial charge on any atom is -0.491 e. The van der Waals surface area contributed by atoms with Crippen LogP contribution >= 0.6 is 15.9 Å². The first-order valence-corrected chi connectivity index (χ1v) is 4.94. The van der Waals surface area contributed by atoms with Crippen LogP contribution in [0.5, 0.6) is 11.5 Å². The van der Waals surface area contributed by atoms with E-state index in [0.717, 1.165) is 15.8 Å². The Morgan fingerprint density at radius 1 is 1.46 bits per heavy atom. The highest BCUT2D eigenvalue weighted by Crippen LogP contribution is 2.47. The van der Waals surface area contributed by atoms with E-state index in [9.17, 15) is 5.11 Å². The van der Waals surface area contributed by atoms with Gasteiger partial charge in [0.2, 0.25) is 0 Å². The van der Waals surface area contributed by atoms with Crippen molar-refractivity contribution in [2.45, 2.75) is 19.3 Å². The Labute approximate surface area is 85.7 Å². The van der Waals surface area contributed by atoms with Crippen LogP contribution in [-0.4, -0.2) is 6.61 Å². The average molecular weight is 242 g/mol. The maximum Gasteiger partial charge on any atom is 0.186 e. The highest BCUT2D eigenvalue weighted by atomic mass is 79.9. The molecule has 2 rings (SSSR count). The van der Waals surface area contributed by atoms with E-state index < -0.39 is 0 Å². The number of hydrogen-bond acceptors (Lipinski definition) is 1. The van der Waals surface area contributed by atoms with Gasteiger partial charge in [-0.2, -0.15) is 0 Å². The van der Waals surface area contributed by atoms with Crippen molar-refractivity contribution >= 4 is 15.9 Å². The first kappa shape index (κ1) is 8.88. The molecule has 0 saturated heterocycles. The number of ether oxygens (including phenoxy) is 1. The summed E-state index contributed by atoms with van der Waals surface area (Å²) in [7, 11) is 0. The smallest absolute Gasteiger partial charge is 0.186 e. The molecule has 0 bridgehead atoms. The third kappa shape index (κ3) is 1.22. The van der Waals surface area contributed by atoms with E-state index in [1.54, 1.807) is 12.1 Å². The molecule has 0 atom stereocenters. The number of halogens is 1. The predicted molar refractivity (Wildman–Crippen MR) is 52.8 cm³/mol. The van der Waals surface area contributed by atoms with Gasteiger partial charge in [-0.3, -0.25) is 5.11 Å². The number of hydrogen-bond donors (Lipinski definition) is 0. The molecule has 1 aromatic carbocycles. The quantitative estimate of drug-likeness (QED) is 0.686. The van der Waals surface area contributed by atoms with Crippen molar-refractivity contribution in [1.82, 2.24) is 0 Å². The third-order valence-corrected chi connectivity index (χ3v) is 2.95. The summed E-state index contributed by atoms with van der Waals surface area (Å²) in [6.45, 7) is 4.62. The lowest BCUT2D eigenvalue weighted by Crippen LogP contribution is -2.18. The second-order valence-electron chi connectivity index (χ2n) is 3.92. The zero-order valence-corrected chi connectivity index (χ0v) is 9.14. The number of rotatable bonds is 0. The minimum atomic E-state index is -0.157. The molecule has 0 N–H and O–H groups in total. The molecule has 13 heavy (non-hydrogen) atoms. The van der Waals surface area contributed by atoms with Crippen LogP contribution < -0.4 is 4.74 Å². The van der Waals surface area contributed by atoms with Crippen LogP contribution in [0.1, 0.15) is 19.4 Å². The van der Waals surface area contributed by atoms with Gasteiger partial charge in [0.25, 0.3) is 0 Å². The van der Waals surface area contributed by atoms with Crippen LogP contribution in [-0.2, 0) is 10.5 Å². The van der Waals surface area contributed by atoms with E-state index in [2.05, 4.69) is 15.9 Å². The topological polar surface area (TPSA) is 29.1 Å². The van der Waals surface area contributed by atoms with E-state index >= 15 is 0 Å². The molecule has 0 spiro atoms. The number of fused-ring (bicyclic) bond motifs is 1. The molecule has 0 aromatic heterocycles. The van der Waals surface area contributed by atoms with Gasteiger partial charge in [-0.05, 0) is 28.1 Å². The Morgan fingerprint density at radius 3 is 2.77 bits per heavy atom. The molecular weight excluding hydrogens is 232 g/mol. The molecule has 2 nitrogen and oxygen atoms in total. The lowest BCUT2D eigenvalue weighted by atomic mass is 9.86. The summed E-state index contributed by atoms with van der Waals surface area (Å²) in [4.78, 5) is 0. The van der Waals surface area contributed by atoms with Gasteiger partial charge in [0.05, 0.1) is 16.6 Å². The van der Waals surface area contributed by atoms with Crippen LogP contribution in [0.4, 0.5) is 0 Å². The van der Waals surface area contributed by atoms with Crippen molar-refractivity contribution in [2.75, 3.05) is 6.61 Å². The summed E-state index contributed by atoms with van der Waals surface area (Å²) in [5.74, 6) is 0.790. The predicted octanol–water partition coefficient (Wildman–Crippen LogP) is 3.26. The number of benzene rings is 1. The van der Waals surface area contributed by atoms with Gasteiger partial charge in [-0.25, -0.2) is 0 Å². The standard InChI is InChI=1S/C10H10BrO2/c1-10(2)5-13-9-6(11)3-4-7(12)8(9)10/h3-4H,5H2,1-2H3. The second-order valence-corrected chi connectivity index (χ2v) is 4.78. The molecule has 0 fully saturated rings. The fraction of sp³-hybridized carbons (Fsp3) is 0.400. The highest BCUT2D eigenvalue weighted by Gasteiger charge is 2.36. The zero-order chi connectivity index (χ0) is 9.64. The highest BCUT2D eigenvalue weighted by molar-refractivity contribution is 9.10. The van der Waals surface area contributed by atoms with Crippen molar-refractivity contribution in [2.24, 2.45) is 0 Å². The Balaban J connectivity index is 2.70. The lowest BCUT2D eigenvalue weighted by Gasteiger charge is -2.14. The van der Waals surface area contributed by atoms with Gasteiger partial charge >= 0.3 is 0 Å². The van der Waals surface area contributed by atoms with Crippen LogP contribution in [0.15, 0.2) is 16.6 Å². The maximum atomic E-state index is 11.6. The molecule has 1 radical (unpaired) electrons. The summed E-state index contributed by atoms with van der Waals surface area (Å²) in [6, 6.07) is 3.32. The van der Waals surface area contributed by atoms with Gasteiger partial charge in [-0.15, -0.1) is 0 Å². The van der Waals surface area contributed by atoms with Gasteiger partial charge in [0.15, 0.2) is 5.75 Å². The van der Waals surface area contributed by atoms with Gasteiger partial charge in [-0.1, -0.05) is 13.8 Å². The molecule has 1 aromatic rings. The minimum absolute atomic E-state index is 0.0701. The normalized spacial score (nSPS) is 18.1. The van der Waals surface area contributed by atoms with Crippen LogP contribution in [0, 0.1) is 0 Å². The molecule has 1 aliphatic heterocycles. The van der Waals surface area contributed by atoms with E-state index in [1.165, 1.54) is 0 Å². The zero-order valence-electron chi connectivity index (χ0n) is 7.56. The second kappa shape index (κ2) is 2.64. The van der Waals surface area contributed by atoms with E-state index in [0.29, 0.717) is 6.61 Å². The van der Waals surface area contributed by atoms with Crippen LogP contribution in [0.2, 0.25) is 0 Å². The lowest BCUT2D eigenvalue weighted by molar-refractivity contribution is 0.286. The molecule has 0 amide bonds. The van der Waals surface area contributed by atoms with Gasteiger partial charge < -0.3 is 4.74 Å². The molecule has 69 valence electrons. The molecule has 1 aliphatic rings. The van der Waals surface area contributed by atoms with Crippen molar-refractivity contribution in [3.05, 3.63) is 22.2 Å². The summed E-state index contributed by atoms with van der Waals surface area (Å²) < 4.78 is 6.35. The summed E-state index contributed by atoms with van der Waals surface area (Å²) in [5.41, 5.74) is 0.637. The van der Waals surface area contributed by atoms with Gasteiger partial charge in [0, 0.05) is 5.41 Å². The largest absolute Gasteiger partial charge is 0.491 e. The Kier molecular flexibility index (Phi) is 1.80. The molecule has 0 aliphatic carbocycles. The first-order chi connectivity index (χ1) is 6.02. The average Bonchev–Trinajstić information content (AvgIpc) is 2.36. The fourth-order valence-corrected chi connectivity index (χ4v) is 2.09. The van der Waals surface area contributed by atoms with Crippen molar-refractivity contribution in [3.8, 4) is 11.5 Å². The first-order valence-electron chi connectivity index (χ1n) is 4.15. The summed E-state index contributed by atoms with van der Waals surface area (Å²) in [5, 5.41) is 11.6. The molecule has 3 heteroatoms. The third-order valence-electron chi connectivity index (χ3n) is 2.33. The Bertz CT molecular complexity index is 358. The summed E-state index contributed by atoms with van der Waals surface area (Å²) >= 11 is 3.37. The van der Waals surface area contributed by atoms with Gasteiger partial charge in [0.1, 0.15) is 5.75 Å². The fourth-order valence-electron chi connectivity index (χ4n) is 1.65. The molecule has 1 heterocycles. The molecule has 0 unspecified atom stereocenters. The van der Waals surface area contributed by atoms with E-state index in [4.69, 9.17) is 4.74 Å². The van der Waals surface area contributed by atoms with Crippen LogP contribution in [0.25, 0.3) is 0 Å². The Hall–Kier alpha value is -0.700. The SMILES string of the molecule is CC1(C)COc2c(Br)ccc([O])c21. The maximum absolute atomic E-state index is 11.6. The van der Waals surface area contributed by atoms with E-state index in [-0.39, 0.29) is 11.2 Å². The van der Waals surface area contributed by atoms with E-state index in [1.807, 2.05) is 13.8 Å². The van der Waals surface area contributed by atoms with Crippen molar-refractivity contribution in [1.29, 1.82) is 0 Å². The molecule has 0 saturated carbocycles. The van der Waals surface area contributed by atoms with Crippen molar-refractivity contribution in [3.63, 3.8) is 0 Å². The van der Waals surface area contributed by atoms with Crippen LogP contribution in [0.3, 0.4) is 0 Å².